The molecule has 2 rings (SSSR count). The number of imide groups is 1. The maximum absolute atomic E-state index is 11.9. The number of piperidine rings is 1. The van der Waals surface area contributed by atoms with Gasteiger partial charge < -0.3 is 10.1 Å². The van der Waals surface area contributed by atoms with Crippen molar-refractivity contribution < 1.29 is 27.5 Å². The van der Waals surface area contributed by atoms with Crippen LogP contribution in [-0.4, -0.2) is 74.6 Å². The largest absolute Gasteiger partial charge is 0.455 e. The smallest absolute Gasteiger partial charge is 0.324 e. The Balaban J connectivity index is 1.77. The molecule has 0 aromatic carbocycles. The zero-order valence-electron chi connectivity index (χ0n) is 12.3. The fourth-order valence-corrected chi connectivity index (χ4v) is 3.34. The molecule has 2 fully saturated rings. The second-order valence-electron chi connectivity index (χ2n) is 5.32. The first-order valence-electron chi connectivity index (χ1n) is 6.99. The monoisotopic (exact) mass is 333 g/mol. The highest BCUT2D eigenvalue weighted by Crippen LogP contribution is 2.20. The van der Waals surface area contributed by atoms with Gasteiger partial charge >= 0.3 is 12.0 Å². The van der Waals surface area contributed by atoms with E-state index in [-0.39, 0.29) is 19.6 Å². The highest BCUT2D eigenvalue weighted by molar-refractivity contribution is 7.88. The topological polar surface area (TPSA) is 113 Å². The Morgan fingerprint density at radius 1 is 1.27 bits per heavy atom. The molecule has 0 aliphatic carbocycles. The van der Waals surface area contributed by atoms with Crippen LogP contribution in [-0.2, 0) is 24.3 Å². The normalized spacial score (nSPS) is 20.8. The first kappa shape index (κ1) is 16.7. The van der Waals surface area contributed by atoms with Gasteiger partial charge in [0.1, 0.15) is 0 Å². The van der Waals surface area contributed by atoms with Crippen LogP contribution in [0.1, 0.15) is 12.8 Å². The van der Waals surface area contributed by atoms with Crippen LogP contribution in [0.5, 0.6) is 0 Å². The lowest BCUT2D eigenvalue weighted by Crippen LogP contribution is -2.41. The summed E-state index contributed by atoms with van der Waals surface area (Å²) in [5.41, 5.74) is 0. The number of hydrogen-bond donors (Lipinski definition) is 1. The van der Waals surface area contributed by atoms with Crippen molar-refractivity contribution in [2.24, 2.45) is 5.92 Å². The van der Waals surface area contributed by atoms with Crippen molar-refractivity contribution in [3.8, 4) is 0 Å². The molecule has 0 saturated carbocycles. The van der Waals surface area contributed by atoms with Gasteiger partial charge in [-0.2, -0.15) is 0 Å². The zero-order valence-corrected chi connectivity index (χ0v) is 13.1. The molecule has 10 heteroatoms. The molecule has 22 heavy (non-hydrogen) atoms. The summed E-state index contributed by atoms with van der Waals surface area (Å²) in [5.74, 6) is -1.50. The van der Waals surface area contributed by atoms with Gasteiger partial charge in [0, 0.05) is 26.2 Å². The van der Waals surface area contributed by atoms with E-state index in [4.69, 9.17) is 4.74 Å². The van der Waals surface area contributed by atoms with Gasteiger partial charge in [0.25, 0.3) is 5.91 Å². The quantitative estimate of drug-likeness (QED) is 0.643. The van der Waals surface area contributed by atoms with Crippen molar-refractivity contribution in [3.05, 3.63) is 0 Å². The Hall–Kier alpha value is -1.68. The summed E-state index contributed by atoms with van der Waals surface area (Å²) in [4.78, 5) is 35.9. The van der Waals surface area contributed by atoms with Gasteiger partial charge in [-0.3, -0.25) is 14.5 Å². The molecule has 0 aromatic rings. The fraction of sp³-hybridized carbons (Fsp3) is 0.750. The Labute approximate surface area is 128 Å². The molecule has 1 N–H and O–H groups in total. The van der Waals surface area contributed by atoms with Crippen molar-refractivity contribution >= 4 is 27.9 Å². The molecule has 9 nitrogen and oxygen atoms in total. The standard InChI is InChI=1S/C12H19N3O6S/c1-22(19,20)14-5-2-9(3-6-14)11(17)21-8-10(16)15-7-4-13-12(15)18/h9H,2-8H2,1H3,(H,13,18). The van der Waals surface area contributed by atoms with E-state index in [2.05, 4.69) is 5.32 Å². The maximum atomic E-state index is 11.9. The van der Waals surface area contributed by atoms with Crippen LogP contribution in [0.4, 0.5) is 4.79 Å². The lowest BCUT2D eigenvalue weighted by Gasteiger charge is -2.28. The van der Waals surface area contributed by atoms with Crippen LogP contribution in [0.3, 0.4) is 0 Å². The van der Waals surface area contributed by atoms with E-state index in [1.165, 1.54) is 4.31 Å². The van der Waals surface area contributed by atoms with E-state index < -0.39 is 40.5 Å². The molecule has 2 heterocycles. The van der Waals surface area contributed by atoms with Gasteiger partial charge in [-0.15, -0.1) is 0 Å². The number of carbonyl (C=O) groups is 3. The van der Waals surface area contributed by atoms with Crippen molar-refractivity contribution in [1.29, 1.82) is 0 Å². The number of hydrogen-bond acceptors (Lipinski definition) is 6. The van der Waals surface area contributed by atoms with E-state index in [1.807, 2.05) is 0 Å². The van der Waals surface area contributed by atoms with Gasteiger partial charge in [-0.25, -0.2) is 17.5 Å². The number of nitrogens with one attached hydrogen (secondary N) is 1. The van der Waals surface area contributed by atoms with Gasteiger partial charge in [-0.1, -0.05) is 0 Å². The number of nitrogens with zero attached hydrogens (tertiary/aromatic N) is 2. The van der Waals surface area contributed by atoms with E-state index in [1.54, 1.807) is 0 Å². The lowest BCUT2D eigenvalue weighted by molar-refractivity contribution is -0.155. The van der Waals surface area contributed by atoms with E-state index in [9.17, 15) is 22.8 Å². The minimum atomic E-state index is -3.24. The van der Waals surface area contributed by atoms with Crippen molar-refractivity contribution in [2.75, 3.05) is 39.0 Å². The molecule has 2 aliphatic rings. The molecule has 2 saturated heterocycles. The van der Waals surface area contributed by atoms with E-state index >= 15 is 0 Å². The van der Waals surface area contributed by atoms with Crippen molar-refractivity contribution in [3.63, 3.8) is 0 Å². The first-order valence-corrected chi connectivity index (χ1v) is 8.84. The molecule has 2 aliphatic heterocycles. The molecule has 0 spiro atoms. The average molecular weight is 333 g/mol. The average Bonchev–Trinajstić information content (AvgIpc) is 2.90. The summed E-state index contributed by atoms with van der Waals surface area (Å²) < 4.78 is 29.0. The van der Waals surface area contributed by atoms with Crippen molar-refractivity contribution in [2.45, 2.75) is 12.8 Å². The lowest BCUT2D eigenvalue weighted by atomic mass is 9.98. The highest BCUT2D eigenvalue weighted by Gasteiger charge is 2.31. The third-order valence-corrected chi connectivity index (χ3v) is 5.06. The summed E-state index contributed by atoms with van der Waals surface area (Å²) >= 11 is 0. The van der Waals surface area contributed by atoms with Crippen LogP contribution < -0.4 is 5.32 Å². The van der Waals surface area contributed by atoms with Crippen LogP contribution in [0.25, 0.3) is 0 Å². The first-order chi connectivity index (χ1) is 10.3. The number of urea groups is 1. The third-order valence-electron chi connectivity index (χ3n) is 3.75. The zero-order chi connectivity index (χ0) is 16.3. The Bertz CT molecular complexity index is 567. The SMILES string of the molecule is CS(=O)(=O)N1CCC(C(=O)OCC(=O)N2CCNC2=O)CC1. The van der Waals surface area contributed by atoms with Crippen molar-refractivity contribution in [1.82, 2.24) is 14.5 Å². The molecular formula is C12H19N3O6S. The second-order valence-corrected chi connectivity index (χ2v) is 7.30. The van der Waals surface area contributed by atoms with Gasteiger partial charge in [0.2, 0.25) is 10.0 Å². The van der Waals surface area contributed by atoms with E-state index in [0.29, 0.717) is 19.4 Å². The number of carbonyl (C=O) groups excluding carboxylic acids is 3. The molecule has 0 unspecified atom stereocenters. The van der Waals surface area contributed by atoms with Gasteiger partial charge in [0.05, 0.1) is 12.2 Å². The van der Waals surface area contributed by atoms with Crippen LogP contribution in [0.2, 0.25) is 0 Å². The molecular weight excluding hydrogens is 314 g/mol. The number of esters is 1. The molecule has 0 atom stereocenters. The maximum Gasteiger partial charge on any atom is 0.324 e. The molecule has 0 bridgehead atoms. The summed E-state index contributed by atoms with van der Waals surface area (Å²) in [5, 5.41) is 2.48. The minimum absolute atomic E-state index is 0.265. The molecule has 0 aromatic heterocycles. The summed E-state index contributed by atoms with van der Waals surface area (Å²) in [6.45, 7) is 0.713. The van der Waals surface area contributed by atoms with E-state index in [0.717, 1.165) is 11.2 Å². The predicted molar refractivity (Wildman–Crippen MR) is 75.2 cm³/mol. The minimum Gasteiger partial charge on any atom is -0.455 e. The fourth-order valence-electron chi connectivity index (χ4n) is 2.46. The molecule has 124 valence electrons. The van der Waals surface area contributed by atoms with Crippen LogP contribution >= 0.6 is 0 Å². The molecule has 3 amide bonds. The van der Waals surface area contributed by atoms with Crippen LogP contribution in [0.15, 0.2) is 0 Å². The number of ether oxygens (including phenoxy) is 1. The highest BCUT2D eigenvalue weighted by atomic mass is 32.2. The van der Waals surface area contributed by atoms with Gasteiger partial charge in [-0.05, 0) is 12.8 Å². The summed E-state index contributed by atoms with van der Waals surface area (Å²) in [6.07, 6.45) is 1.86. The molecule has 0 radical (unpaired) electrons. The Kier molecular flexibility index (Phi) is 5.01. The number of rotatable bonds is 4. The predicted octanol–water partition coefficient (Wildman–Crippen LogP) is -1.25. The third kappa shape index (κ3) is 3.95. The van der Waals surface area contributed by atoms with Gasteiger partial charge in [0.15, 0.2) is 6.61 Å². The number of sulfonamides is 1. The Morgan fingerprint density at radius 2 is 1.91 bits per heavy atom. The number of amides is 3. The summed E-state index contributed by atoms with van der Waals surface area (Å²) in [7, 11) is -3.24. The summed E-state index contributed by atoms with van der Waals surface area (Å²) in [6, 6.07) is -0.484. The second kappa shape index (κ2) is 6.61. The Morgan fingerprint density at radius 3 is 2.41 bits per heavy atom. The van der Waals surface area contributed by atoms with Crippen LogP contribution in [0, 0.1) is 5.92 Å².